The number of rotatable bonds is 7. The summed E-state index contributed by atoms with van der Waals surface area (Å²) in [5.74, 6) is 0.920. The van der Waals surface area contributed by atoms with Gasteiger partial charge in [0.1, 0.15) is 12.4 Å². The number of nitrogens with one attached hydrogen (secondary N) is 3. The van der Waals surface area contributed by atoms with Crippen LogP contribution in [0.4, 0.5) is 10.5 Å². The highest BCUT2D eigenvalue weighted by Gasteiger charge is 2.15. The second kappa shape index (κ2) is 8.99. The third-order valence-corrected chi connectivity index (χ3v) is 3.39. The summed E-state index contributed by atoms with van der Waals surface area (Å²) in [7, 11) is 0. The Hall–Kier alpha value is -2.28. The minimum absolute atomic E-state index is 0.131. The lowest BCUT2D eigenvalue weighted by Gasteiger charge is -2.12. The molecule has 3 N–H and O–H groups in total. The van der Waals surface area contributed by atoms with Crippen molar-refractivity contribution in [1.29, 1.82) is 0 Å². The number of urea groups is 1. The number of carbonyl (C=O) groups excluding carboxylic acids is 2. The van der Waals surface area contributed by atoms with Crippen LogP contribution in [-0.2, 0) is 9.53 Å². The van der Waals surface area contributed by atoms with Crippen LogP contribution in [0.25, 0.3) is 0 Å². The van der Waals surface area contributed by atoms with Crippen LogP contribution in [0.15, 0.2) is 24.3 Å². The van der Waals surface area contributed by atoms with E-state index in [1.165, 1.54) is 6.92 Å². The van der Waals surface area contributed by atoms with Gasteiger partial charge in [0, 0.05) is 37.7 Å². The van der Waals surface area contributed by atoms with E-state index in [0.717, 1.165) is 13.0 Å². The molecule has 0 aromatic heterocycles. The predicted molar refractivity (Wildman–Crippen MR) is 86.6 cm³/mol. The first-order valence-corrected chi connectivity index (χ1v) is 7.73. The highest BCUT2D eigenvalue weighted by atomic mass is 16.5. The summed E-state index contributed by atoms with van der Waals surface area (Å²) < 4.78 is 10.8. The summed E-state index contributed by atoms with van der Waals surface area (Å²) in [6, 6.07) is 6.91. The molecule has 2 rings (SSSR count). The lowest BCUT2D eigenvalue weighted by atomic mass is 10.1. The van der Waals surface area contributed by atoms with Crippen molar-refractivity contribution < 1.29 is 19.1 Å². The Morgan fingerprint density at radius 2 is 2.22 bits per heavy atom. The summed E-state index contributed by atoms with van der Waals surface area (Å²) in [6.07, 6.45) is 0.994. The monoisotopic (exact) mass is 321 g/mol. The Morgan fingerprint density at radius 3 is 2.96 bits per heavy atom. The number of carbonyl (C=O) groups is 2. The smallest absolute Gasteiger partial charge is 0.314 e. The first kappa shape index (κ1) is 17.1. The van der Waals surface area contributed by atoms with Gasteiger partial charge in [-0.1, -0.05) is 6.07 Å². The second-order valence-corrected chi connectivity index (χ2v) is 5.42. The summed E-state index contributed by atoms with van der Waals surface area (Å²) in [5, 5.41) is 8.25. The van der Waals surface area contributed by atoms with Crippen molar-refractivity contribution in [1.82, 2.24) is 10.6 Å². The van der Waals surface area contributed by atoms with Gasteiger partial charge in [-0.2, -0.15) is 0 Å². The summed E-state index contributed by atoms with van der Waals surface area (Å²) in [5.41, 5.74) is 0.680. The van der Waals surface area contributed by atoms with Gasteiger partial charge in [0.05, 0.1) is 13.2 Å². The van der Waals surface area contributed by atoms with Gasteiger partial charge in [0.25, 0.3) is 0 Å². The quantitative estimate of drug-likeness (QED) is 0.662. The van der Waals surface area contributed by atoms with E-state index in [2.05, 4.69) is 16.0 Å². The van der Waals surface area contributed by atoms with Gasteiger partial charge in [-0.3, -0.25) is 4.79 Å². The number of amides is 3. The van der Waals surface area contributed by atoms with Gasteiger partial charge < -0.3 is 25.4 Å². The van der Waals surface area contributed by atoms with E-state index in [1.807, 2.05) is 0 Å². The maximum atomic E-state index is 11.6. The van der Waals surface area contributed by atoms with Crippen molar-refractivity contribution in [2.75, 3.05) is 38.2 Å². The first-order valence-electron chi connectivity index (χ1n) is 7.73. The fourth-order valence-electron chi connectivity index (χ4n) is 2.24. The molecule has 1 aromatic carbocycles. The van der Waals surface area contributed by atoms with Gasteiger partial charge in [0.15, 0.2) is 0 Å². The van der Waals surface area contributed by atoms with Crippen LogP contribution in [0.1, 0.15) is 13.3 Å². The van der Waals surface area contributed by atoms with Crippen molar-refractivity contribution in [2.45, 2.75) is 13.3 Å². The zero-order valence-electron chi connectivity index (χ0n) is 13.3. The number of benzene rings is 1. The molecule has 1 aromatic rings. The Balaban J connectivity index is 1.60. The molecule has 0 saturated carbocycles. The van der Waals surface area contributed by atoms with Crippen molar-refractivity contribution in [3.05, 3.63) is 24.3 Å². The molecule has 1 heterocycles. The molecular formula is C16H23N3O4. The summed E-state index contributed by atoms with van der Waals surface area (Å²) in [4.78, 5) is 22.6. The third-order valence-electron chi connectivity index (χ3n) is 3.39. The Labute approximate surface area is 135 Å². The molecule has 126 valence electrons. The second-order valence-electron chi connectivity index (χ2n) is 5.42. The molecule has 0 aliphatic carbocycles. The minimum atomic E-state index is -0.201. The average Bonchev–Trinajstić information content (AvgIpc) is 3.03. The molecule has 0 spiro atoms. The summed E-state index contributed by atoms with van der Waals surface area (Å²) >= 11 is 0. The topological polar surface area (TPSA) is 88.7 Å². The standard InChI is InChI=1S/C16H23N3O4/c1-12(20)19-14-3-2-4-15(9-14)23-8-6-17-16(21)18-10-13-5-7-22-11-13/h2-4,9,13H,5-8,10-11H2,1H3,(H,19,20)(H2,17,18,21). The Kier molecular flexibility index (Phi) is 6.68. The van der Waals surface area contributed by atoms with E-state index in [0.29, 0.717) is 43.7 Å². The molecular weight excluding hydrogens is 298 g/mol. The number of ether oxygens (including phenoxy) is 2. The van der Waals surface area contributed by atoms with Crippen molar-refractivity contribution in [2.24, 2.45) is 5.92 Å². The van der Waals surface area contributed by atoms with E-state index in [9.17, 15) is 9.59 Å². The molecule has 1 fully saturated rings. The van der Waals surface area contributed by atoms with Crippen LogP contribution >= 0.6 is 0 Å². The fourth-order valence-corrected chi connectivity index (χ4v) is 2.24. The molecule has 1 aliphatic rings. The van der Waals surface area contributed by atoms with Crippen LogP contribution in [0, 0.1) is 5.92 Å². The van der Waals surface area contributed by atoms with Crippen LogP contribution in [0.2, 0.25) is 0 Å². The molecule has 7 nitrogen and oxygen atoms in total. The minimum Gasteiger partial charge on any atom is -0.492 e. The van der Waals surface area contributed by atoms with E-state index >= 15 is 0 Å². The lowest BCUT2D eigenvalue weighted by Crippen LogP contribution is -2.40. The van der Waals surface area contributed by atoms with Crippen LogP contribution < -0.4 is 20.7 Å². The van der Waals surface area contributed by atoms with Crippen molar-refractivity contribution in [3.63, 3.8) is 0 Å². The van der Waals surface area contributed by atoms with Gasteiger partial charge in [-0.25, -0.2) is 4.79 Å². The van der Waals surface area contributed by atoms with Gasteiger partial charge in [-0.05, 0) is 18.6 Å². The Bertz CT molecular complexity index is 530. The molecule has 0 radical (unpaired) electrons. The van der Waals surface area contributed by atoms with Gasteiger partial charge in [-0.15, -0.1) is 0 Å². The van der Waals surface area contributed by atoms with E-state index in [1.54, 1.807) is 24.3 Å². The zero-order chi connectivity index (χ0) is 16.5. The SMILES string of the molecule is CC(=O)Nc1cccc(OCCNC(=O)NCC2CCOC2)c1. The first-order chi connectivity index (χ1) is 11.1. The zero-order valence-corrected chi connectivity index (χ0v) is 13.3. The predicted octanol–water partition coefficient (Wildman–Crippen LogP) is 1.36. The highest BCUT2D eigenvalue weighted by molar-refractivity contribution is 5.88. The molecule has 23 heavy (non-hydrogen) atoms. The maximum absolute atomic E-state index is 11.6. The van der Waals surface area contributed by atoms with E-state index < -0.39 is 0 Å². The summed E-state index contributed by atoms with van der Waals surface area (Å²) in [6.45, 7) is 4.33. The average molecular weight is 321 g/mol. The highest BCUT2D eigenvalue weighted by Crippen LogP contribution is 2.17. The number of hydrogen-bond donors (Lipinski definition) is 3. The largest absolute Gasteiger partial charge is 0.492 e. The Morgan fingerprint density at radius 1 is 1.35 bits per heavy atom. The number of anilines is 1. The van der Waals surface area contributed by atoms with E-state index in [4.69, 9.17) is 9.47 Å². The molecule has 1 unspecified atom stereocenters. The number of hydrogen-bond acceptors (Lipinski definition) is 4. The molecule has 0 bridgehead atoms. The van der Waals surface area contributed by atoms with Gasteiger partial charge >= 0.3 is 6.03 Å². The maximum Gasteiger partial charge on any atom is 0.314 e. The molecule has 1 aliphatic heterocycles. The molecule has 1 atom stereocenters. The third kappa shape index (κ3) is 6.56. The molecule has 3 amide bonds. The van der Waals surface area contributed by atoms with Crippen LogP contribution in [-0.4, -0.2) is 44.8 Å². The van der Waals surface area contributed by atoms with Crippen LogP contribution in [0.5, 0.6) is 5.75 Å². The van der Waals surface area contributed by atoms with Crippen LogP contribution in [0.3, 0.4) is 0 Å². The molecule has 7 heteroatoms. The fraction of sp³-hybridized carbons (Fsp3) is 0.500. The normalized spacial score (nSPS) is 16.7. The van der Waals surface area contributed by atoms with Crippen molar-refractivity contribution in [3.8, 4) is 5.75 Å². The van der Waals surface area contributed by atoms with E-state index in [-0.39, 0.29) is 11.9 Å². The lowest BCUT2D eigenvalue weighted by molar-refractivity contribution is -0.114. The van der Waals surface area contributed by atoms with Crippen molar-refractivity contribution >= 4 is 17.6 Å². The molecule has 1 saturated heterocycles. The van der Waals surface area contributed by atoms with Gasteiger partial charge in [0.2, 0.25) is 5.91 Å².